The Labute approximate surface area is 273 Å². The molecule has 242 valence electrons. The van der Waals surface area contributed by atoms with Gasteiger partial charge >= 0.3 is 7.12 Å². The Morgan fingerprint density at radius 1 is 1.02 bits per heavy atom. The molecule has 2 heterocycles. The molecule has 0 radical (unpaired) electrons. The molecular weight excluding hydrogens is 611 g/mol. The summed E-state index contributed by atoms with van der Waals surface area (Å²) in [6, 6.07) is 19.1. The van der Waals surface area contributed by atoms with Crippen LogP contribution in [0.5, 0.6) is 5.75 Å². The number of nitrogens with zero attached hydrogens (tertiary/aromatic N) is 2. The highest BCUT2D eigenvalue weighted by atomic mass is 35.5. The molecule has 0 aliphatic carbocycles. The van der Waals surface area contributed by atoms with Crippen LogP contribution < -0.4 is 36.6 Å². The third-order valence-electron chi connectivity index (χ3n) is 7.68. The highest BCUT2D eigenvalue weighted by Gasteiger charge is 2.40. The second kappa shape index (κ2) is 15.5. The van der Waals surface area contributed by atoms with Crippen LogP contribution in [0.15, 0.2) is 71.7 Å². The minimum atomic E-state index is -1.64. The molecule has 12 nitrogen and oxygen atoms in total. The van der Waals surface area contributed by atoms with Crippen LogP contribution in [0.3, 0.4) is 0 Å². The van der Waals surface area contributed by atoms with E-state index in [1.807, 2.05) is 56.3 Å². The molecule has 1 fully saturated rings. The van der Waals surface area contributed by atoms with Crippen molar-refractivity contribution in [2.75, 3.05) is 37.8 Å². The van der Waals surface area contributed by atoms with Gasteiger partial charge in [0.1, 0.15) is 18.5 Å². The summed E-state index contributed by atoms with van der Waals surface area (Å²) < 4.78 is 11.7. The predicted octanol–water partition coefficient (Wildman–Crippen LogP) is 1.18. The fourth-order valence-corrected chi connectivity index (χ4v) is 5.63. The molecule has 2 aliphatic heterocycles. The maximum absolute atomic E-state index is 12.7. The van der Waals surface area contributed by atoms with E-state index < -0.39 is 7.12 Å². The van der Waals surface area contributed by atoms with E-state index in [0.717, 1.165) is 22.5 Å². The van der Waals surface area contributed by atoms with Gasteiger partial charge in [-0.3, -0.25) is 14.6 Å². The first-order valence-corrected chi connectivity index (χ1v) is 15.6. The van der Waals surface area contributed by atoms with Gasteiger partial charge in [0.15, 0.2) is 0 Å². The van der Waals surface area contributed by atoms with Gasteiger partial charge in [-0.2, -0.15) is 0 Å². The number of ether oxygens (including phenoxy) is 2. The van der Waals surface area contributed by atoms with Crippen molar-refractivity contribution in [2.45, 2.75) is 38.6 Å². The third kappa shape index (κ3) is 8.05. The number of benzene rings is 3. The zero-order valence-electron chi connectivity index (χ0n) is 25.7. The highest BCUT2D eigenvalue weighted by molar-refractivity contribution is 6.58. The van der Waals surface area contributed by atoms with E-state index in [0.29, 0.717) is 29.5 Å². The first kappa shape index (κ1) is 33.4. The summed E-state index contributed by atoms with van der Waals surface area (Å²) in [7, 11) is -1.64. The lowest BCUT2D eigenvalue weighted by molar-refractivity contribution is -0.121. The molecule has 0 spiro atoms. The molecule has 5 rings (SSSR count). The second-order valence-corrected chi connectivity index (χ2v) is 11.4. The number of halogens is 1. The van der Waals surface area contributed by atoms with Crippen LogP contribution in [0.25, 0.3) is 0 Å². The topological polar surface area (TPSA) is 157 Å². The van der Waals surface area contributed by atoms with E-state index in [-0.39, 0.29) is 61.8 Å². The van der Waals surface area contributed by atoms with Crippen molar-refractivity contribution in [3.8, 4) is 5.75 Å². The summed E-state index contributed by atoms with van der Waals surface area (Å²) in [5, 5.41) is 24.9. The van der Waals surface area contributed by atoms with E-state index >= 15 is 0 Å². The Balaban J connectivity index is 1.25. The molecular formula is C32H38BClN6O6. The van der Waals surface area contributed by atoms with E-state index in [9.17, 15) is 19.6 Å². The Morgan fingerprint density at radius 2 is 1.83 bits per heavy atom. The van der Waals surface area contributed by atoms with Gasteiger partial charge in [-0.1, -0.05) is 35.9 Å². The van der Waals surface area contributed by atoms with Crippen molar-refractivity contribution in [3.05, 3.63) is 88.4 Å². The number of hydrogen-bond donors (Lipinski definition) is 6. The van der Waals surface area contributed by atoms with Crippen LogP contribution in [0, 0.1) is 0 Å². The van der Waals surface area contributed by atoms with Crippen LogP contribution in [0.4, 0.5) is 5.69 Å². The smallest absolute Gasteiger partial charge is 0.488 e. The molecule has 6 N–H and O–H groups in total. The number of anilines is 1. The van der Waals surface area contributed by atoms with Crippen molar-refractivity contribution < 1.29 is 29.1 Å². The number of rotatable bonds is 13. The van der Waals surface area contributed by atoms with Crippen molar-refractivity contribution in [1.82, 2.24) is 21.5 Å². The molecule has 3 aromatic rings. The Bertz CT molecular complexity index is 1560. The Morgan fingerprint density at radius 3 is 2.59 bits per heavy atom. The number of aliphatic imine (C=N–C) groups is 1. The minimum absolute atomic E-state index is 0.0638. The number of carbonyl (C=O) groups is 2. The summed E-state index contributed by atoms with van der Waals surface area (Å²) in [5.41, 5.74) is 10.6. The number of hydrazine groups is 1. The normalized spacial score (nSPS) is 18.6. The number of fused-ring (bicyclic) bond motifs is 3. The van der Waals surface area contributed by atoms with Crippen LogP contribution >= 0.6 is 11.6 Å². The van der Waals surface area contributed by atoms with E-state index in [2.05, 4.69) is 26.4 Å². The first-order valence-electron chi connectivity index (χ1n) is 15.2. The molecule has 1 saturated heterocycles. The van der Waals surface area contributed by atoms with Crippen LogP contribution in [0.1, 0.15) is 41.8 Å². The van der Waals surface area contributed by atoms with Gasteiger partial charge in [-0.15, -0.1) is 0 Å². The molecule has 2 aliphatic rings. The number of carbonyl (C=O) groups excluding carboxylic acids is 2. The maximum atomic E-state index is 12.7. The molecule has 46 heavy (non-hydrogen) atoms. The van der Waals surface area contributed by atoms with Gasteiger partial charge in [0.2, 0.25) is 5.91 Å². The van der Waals surface area contributed by atoms with E-state index in [1.54, 1.807) is 12.1 Å². The monoisotopic (exact) mass is 648 g/mol. The van der Waals surface area contributed by atoms with Crippen molar-refractivity contribution in [1.29, 1.82) is 0 Å². The molecule has 3 unspecified atom stereocenters. The quantitative estimate of drug-likeness (QED) is 0.118. The third-order valence-corrected chi connectivity index (χ3v) is 7.93. The maximum Gasteiger partial charge on any atom is 0.488 e. The zero-order chi connectivity index (χ0) is 32.6. The SMILES string of the molecule is CCNC(=O)CC1N=C(c2ccc(Cl)cc2)c2cc(OCCOCCNC(=O)c3cccc(B(O)O)c3)ccc2N2C(C)NNC12. The average Bonchev–Trinajstić information content (AvgIpc) is 3.37. The molecule has 0 saturated carbocycles. The lowest BCUT2D eigenvalue weighted by Gasteiger charge is -2.31. The first-order chi connectivity index (χ1) is 22.2. The van der Waals surface area contributed by atoms with Crippen molar-refractivity contribution in [2.24, 2.45) is 4.99 Å². The van der Waals surface area contributed by atoms with Gasteiger partial charge in [0.25, 0.3) is 5.91 Å². The second-order valence-electron chi connectivity index (χ2n) is 10.9. The van der Waals surface area contributed by atoms with E-state index in [1.165, 1.54) is 12.1 Å². The van der Waals surface area contributed by atoms with Crippen molar-refractivity contribution in [3.63, 3.8) is 0 Å². The van der Waals surface area contributed by atoms with Crippen molar-refractivity contribution >= 4 is 47.4 Å². The lowest BCUT2D eigenvalue weighted by atomic mass is 9.79. The predicted molar refractivity (Wildman–Crippen MR) is 178 cm³/mol. The molecule has 0 aromatic heterocycles. The minimum Gasteiger partial charge on any atom is -0.491 e. The van der Waals surface area contributed by atoms with Gasteiger partial charge in [0, 0.05) is 40.5 Å². The number of hydrogen-bond acceptors (Lipinski definition) is 10. The van der Waals surface area contributed by atoms with Crippen LogP contribution in [0.2, 0.25) is 5.02 Å². The summed E-state index contributed by atoms with van der Waals surface area (Å²) in [6.45, 7) is 5.61. The fraction of sp³-hybridized carbons (Fsp3) is 0.344. The van der Waals surface area contributed by atoms with Gasteiger partial charge in [0.05, 0.1) is 37.6 Å². The molecule has 0 bridgehead atoms. The fourth-order valence-electron chi connectivity index (χ4n) is 5.51. The number of nitrogens with one attached hydrogen (secondary N) is 4. The number of amides is 2. The molecule has 14 heteroatoms. The lowest BCUT2D eigenvalue weighted by Crippen LogP contribution is -2.47. The van der Waals surface area contributed by atoms with Crippen LogP contribution in [-0.2, 0) is 9.53 Å². The standard InChI is InChI=1S/C32H38BClN6O6/c1-3-35-29(41)19-27-31-39-38-20(2)40(31)28-12-11-25(18-26(28)30(37-27)21-7-9-24(34)10-8-21)46-16-15-45-14-13-36-32(42)22-5-4-6-23(17-22)33(43)44/h4-12,17-18,20,27,31,38-39,43-44H,3,13-16,19H2,1-2H3,(H,35,41)(H,36,42). The van der Waals surface area contributed by atoms with Gasteiger partial charge in [-0.25, -0.2) is 10.9 Å². The Kier molecular flexibility index (Phi) is 11.3. The van der Waals surface area contributed by atoms with Gasteiger partial charge in [-0.05, 0) is 61.8 Å². The molecule has 3 atom stereocenters. The largest absolute Gasteiger partial charge is 0.491 e. The van der Waals surface area contributed by atoms with Crippen LogP contribution in [-0.4, -0.2) is 86.0 Å². The highest BCUT2D eigenvalue weighted by Crippen LogP contribution is 2.36. The average molecular weight is 649 g/mol. The molecule has 3 aromatic carbocycles. The summed E-state index contributed by atoms with van der Waals surface area (Å²) in [4.78, 5) is 32.5. The van der Waals surface area contributed by atoms with Gasteiger partial charge < -0.3 is 35.1 Å². The van der Waals surface area contributed by atoms with E-state index in [4.69, 9.17) is 26.1 Å². The summed E-state index contributed by atoms with van der Waals surface area (Å²) in [6.07, 6.45) is -0.112. The Hall–Kier alpha value is -3.98. The summed E-state index contributed by atoms with van der Waals surface area (Å²) in [5.74, 6) is 0.228. The zero-order valence-corrected chi connectivity index (χ0v) is 26.5. The summed E-state index contributed by atoms with van der Waals surface area (Å²) >= 11 is 6.21. The molecule has 2 amide bonds.